The van der Waals surface area contributed by atoms with Crippen molar-refractivity contribution in [2.45, 2.75) is 26.9 Å². The van der Waals surface area contributed by atoms with Gasteiger partial charge in [-0.25, -0.2) is 0 Å². The summed E-state index contributed by atoms with van der Waals surface area (Å²) in [6.07, 6.45) is 5.78. The molecule has 4 nitrogen and oxygen atoms in total. The van der Waals surface area contributed by atoms with Crippen LogP contribution in [0.4, 0.5) is 0 Å². The molecule has 2 aromatic rings. The Bertz CT molecular complexity index is 746. The molecule has 1 aromatic heterocycles. The first kappa shape index (κ1) is 16.8. The summed E-state index contributed by atoms with van der Waals surface area (Å²) in [5, 5.41) is 18.8. The SMILES string of the molecule is CC(C)=CCc1ccc(O)c(C=CC(=O)c2ccc(CO)o2)c1. The number of aliphatic hydroxyl groups excluding tert-OH is 1. The molecule has 1 aromatic carbocycles. The molecule has 0 saturated heterocycles. The van der Waals surface area contributed by atoms with Crippen molar-refractivity contribution in [3.63, 3.8) is 0 Å². The minimum absolute atomic E-state index is 0.116. The van der Waals surface area contributed by atoms with Crippen molar-refractivity contribution in [1.29, 1.82) is 0 Å². The Hall–Kier alpha value is -2.59. The Morgan fingerprint density at radius 1 is 1.22 bits per heavy atom. The molecule has 0 unspecified atom stereocenters. The fraction of sp³-hybridized carbons (Fsp3) is 0.211. The van der Waals surface area contributed by atoms with E-state index in [4.69, 9.17) is 9.52 Å². The van der Waals surface area contributed by atoms with Crippen molar-refractivity contribution in [2.75, 3.05) is 0 Å². The summed E-state index contributed by atoms with van der Waals surface area (Å²) in [4.78, 5) is 12.0. The van der Waals surface area contributed by atoms with E-state index < -0.39 is 0 Å². The number of furan rings is 1. The van der Waals surface area contributed by atoms with E-state index in [2.05, 4.69) is 6.08 Å². The van der Waals surface area contributed by atoms with E-state index in [1.807, 2.05) is 26.0 Å². The Balaban J connectivity index is 2.16. The molecule has 0 radical (unpaired) electrons. The summed E-state index contributed by atoms with van der Waals surface area (Å²) in [5.41, 5.74) is 2.85. The predicted octanol–water partition coefficient (Wildman–Crippen LogP) is 3.88. The standard InChI is InChI=1S/C19H20O4/c1-13(2)3-4-14-5-8-17(21)15(11-14)6-9-18(22)19-10-7-16(12-20)23-19/h3,5-11,20-21H,4,12H2,1-2H3. The molecule has 0 saturated carbocycles. The molecule has 1 heterocycles. The highest BCUT2D eigenvalue weighted by molar-refractivity contribution is 6.05. The van der Waals surface area contributed by atoms with Crippen LogP contribution in [0, 0.1) is 0 Å². The van der Waals surface area contributed by atoms with Crippen molar-refractivity contribution < 1.29 is 19.4 Å². The van der Waals surface area contributed by atoms with E-state index in [0.29, 0.717) is 11.3 Å². The van der Waals surface area contributed by atoms with Crippen molar-refractivity contribution in [1.82, 2.24) is 0 Å². The molecule has 4 heteroatoms. The number of hydrogen-bond acceptors (Lipinski definition) is 4. The fourth-order valence-corrected chi connectivity index (χ4v) is 2.03. The lowest BCUT2D eigenvalue weighted by molar-refractivity contribution is 0.101. The van der Waals surface area contributed by atoms with Gasteiger partial charge in [0.2, 0.25) is 5.78 Å². The molecule has 2 rings (SSSR count). The quantitative estimate of drug-likeness (QED) is 0.482. The molecular weight excluding hydrogens is 292 g/mol. The predicted molar refractivity (Wildman–Crippen MR) is 89.2 cm³/mol. The number of ketones is 1. The first-order chi connectivity index (χ1) is 11.0. The molecule has 0 bridgehead atoms. The number of aromatic hydroxyl groups is 1. The van der Waals surface area contributed by atoms with Gasteiger partial charge in [-0.15, -0.1) is 0 Å². The number of carbonyl (C=O) groups excluding carboxylic acids is 1. The summed E-state index contributed by atoms with van der Waals surface area (Å²) >= 11 is 0. The summed E-state index contributed by atoms with van der Waals surface area (Å²) < 4.78 is 5.18. The topological polar surface area (TPSA) is 70.7 Å². The number of phenolic OH excluding ortho intramolecular Hbond substituents is 1. The van der Waals surface area contributed by atoms with Crippen LogP contribution in [0.25, 0.3) is 6.08 Å². The number of hydrogen-bond donors (Lipinski definition) is 2. The lowest BCUT2D eigenvalue weighted by Gasteiger charge is -2.03. The van der Waals surface area contributed by atoms with Crippen molar-refractivity contribution in [3.8, 4) is 5.75 Å². The van der Waals surface area contributed by atoms with Gasteiger partial charge in [0.1, 0.15) is 18.1 Å². The largest absolute Gasteiger partial charge is 0.507 e. The molecule has 2 N–H and O–H groups in total. The average Bonchev–Trinajstić information content (AvgIpc) is 3.01. The van der Waals surface area contributed by atoms with Crippen LogP contribution < -0.4 is 0 Å². The Morgan fingerprint density at radius 2 is 2.00 bits per heavy atom. The second-order valence-corrected chi connectivity index (χ2v) is 5.50. The van der Waals surface area contributed by atoms with Crippen LogP contribution in [0.15, 0.2) is 52.5 Å². The highest BCUT2D eigenvalue weighted by atomic mass is 16.4. The van der Waals surface area contributed by atoms with E-state index in [1.54, 1.807) is 18.2 Å². The van der Waals surface area contributed by atoms with Gasteiger partial charge in [-0.1, -0.05) is 17.7 Å². The van der Waals surface area contributed by atoms with Crippen LogP contribution >= 0.6 is 0 Å². The van der Waals surface area contributed by atoms with Crippen LogP contribution in [0.1, 0.15) is 41.3 Å². The maximum atomic E-state index is 12.0. The zero-order valence-electron chi connectivity index (χ0n) is 13.2. The number of rotatable bonds is 6. The second kappa shape index (κ2) is 7.61. The van der Waals surface area contributed by atoms with Crippen LogP contribution in [0.5, 0.6) is 5.75 Å². The number of phenols is 1. The van der Waals surface area contributed by atoms with Crippen molar-refractivity contribution in [3.05, 3.63) is 70.7 Å². The summed E-state index contributed by atoms with van der Waals surface area (Å²) in [6, 6.07) is 8.39. The molecule has 0 fully saturated rings. The third-order valence-electron chi connectivity index (χ3n) is 3.31. The normalized spacial score (nSPS) is 10.9. The lowest BCUT2D eigenvalue weighted by Crippen LogP contribution is -1.91. The van der Waals surface area contributed by atoms with Crippen LogP contribution in [-0.4, -0.2) is 16.0 Å². The molecule has 0 aliphatic heterocycles. The smallest absolute Gasteiger partial charge is 0.221 e. The van der Waals surface area contributed by atoms with E-state index in [1.165, 1.54) is 17.7 Å². The number of allylic oxidation sites excluding steroid dienone is 3. The lowest BCUT2D eigenvalue weighted by atomic mass is 10.0. The summed E-state index contributed by atoms with van der Waals surface area (Å²) in [6.45, 7) is 3.82. The molecule has 0 amide bonds. The maximum absolute atomic E-state index is 12.0. The third-order valence-corrected chi connectivity index (χ3v) is 3.31. The molecule has 0 aliphatic carbocycles. The van der Waals surface area contributed by atoms with Gasteiger partial charge in [-0.05, 0) is 62.2 Å². The van der Waals surface area contributed by atoms with Gasteiger partial charge in [0.25, 0.3) is 0 Å². The summed E-state index contributed by atoms with van der Waals surface area (Å²) in [7, 11) is 0. The van der Waals surface area contributed by atoms with Gasteiger partial charge in [0.05, 0.1) is 0 Å². The molecule has 23 heavy (non-hydrogen) atoms. The van der Waals surface area contributed by atoms with E-state index in [-0.39, 0.29) is 23.9 Å². The molecular formula is C19H20O4. The number of carbonyl (C=O) groups is 1. The molecule has 0 atom stereocenters. The first-order valence-electron chi connectivity index (χ1n) is 7.37. The highest BCUT2D eigenvalue weighted by Gasteiger charge is 2.08. The third kappa shape index (κ3) is 4.69. The minimum Gasteiger partial charge on any atom is -0.507 e. The van der Waals surface area contributed by atoms with Crippen LogP contribution in [-0.2, 0) is 13.0 Å². The van der Waals surface area contributed by atoms with Gasteiger partial charge < -0.3 is 14.6 Å². The van der Waals surface area contributed by atoms with Gasteiger partial charge in [-0.2, -0.15) is 0 Å². The van der Waals surface area contributed by atoms with Gasteiger partial charge in [0.15, 0.2) is 5.76 Å². The van der Waals surface area contributed by atoms with Crippen LogP contribution in [0.2, 0.25) is 0 Å². The van der Waals surface area contributed by atoms with Crippen LogP contribution in [0.3, 0.4) is 0 Å². The first-order valence-corrected chi connectivity index (χ1v) is 7.37. The number of benzene rings is 1. The Morgan fingerprint density at radius 3 is 2.65 bits per heavy atom. The zero-order valence-corrected chi connectivity index (χ0v) is 13.2. The van der Waals surface area contributed by atoms with Gasteiger partial charge in [0, 0.05) is 5.56 Å². The van der Waals surface area contributed by atoms with Gasteiger partial charge >= 0.3 is 0 Å². The monoisotopic (exact) mass is 312 g/mol. The van der Waals surface area contributed by atoms with E-state index >= 15 is 0 Å². The Labute approximate surface area is 135 Å². The zero-order chi connectivity index (χ0) is 16.8. The van der Waals surface area contributed by atoms with E-state index in [0.717, 1.165) is 12.0 Å². The molecule has 0 spiro atoms. The molecule has 0 aliphatic rings. The average molecular weight is 312 g/mol. The highest BCUT2D eigenvalue weighted by Crippen LogP contribution is 2.21. The van der Waals surface area contributed by atoms with Crippen molar-refractivity contribution >= 4 is 11.9 Å². The fourth-order valence-electron chi connectivity index (χ4n) is 2.03. The number of aliphatic hydroxyl groups is 1. The molecule has 120 valence electrons. The summed E-state index contributed by atoms with van der Waals surface area (Å²) in [5.74, 6) is 0.295. The van der Waals surface area contributed by atoms with Crippen molar-refractivity contribution in [2.24, 2.45) is 0 Å². The maximum Gasteiger partial charge on any atom is 0.221 e. The van der Waals surface area contributed by atoms with E-state index in [9.17, 15) is 9.90 Å². The Kier molecular flexibility index (Phi) is 5.55. The second-order valence-electron chi connectivity index (χ2n) is 5.50. The van der Waals surface area contributed by atoms with Gasteiger partial charge in [-0.3, -0.25) is 4.79 Å². The minimum atomic E-state index is -0.321.